The molecule has 1 heterocycles. The molecule has 3 aliphatic carbocycles. The lowest BCUT2D eigenvalue weighted by Crippen LogP contribution is -2.47. The van der Waals surface area contributed by atoms with E-state index in [1.54, 1.807) is 36.4 Å². The van der Waals surface area contributed by atoms with Gasteiger partial charge in [-0.05, 0) is 65.9 Å². The molecule has 0 aliphatic heterocycles. The Kier molecular flexibility index (Phi) is 6.25. The zero-order chi connectivity index (χ0) is 28.1. The highest BCUT2D eigenvalue weighted by Crippen LogP contribution is 2.61. The number of thiazole rings is 1. The van der Waals surface area contributed by atoms with Crippen molar-refractivity contribution in [2.75, 3.05) is 10.6 Å². The van der Waals surface area contributed by atoms with Gasteiger partial charge in [0.05, 0.1) is 11.1 Å². The Morgan fingerprint density at radius 3 is 2.24 bits per heavy atom. The van der Waals surface area contributed by atoms with E-state index in [1.165, 1.54) is 33.6 Å². The van der Waals surface area contributed by atoms with E-state index in [2.05, 4.69) is 66.1 Å². The third kappa shape index (κ3) is 4.44. The van der Waals surface area contributed by atoms with Crippen LogP contribution in [0, 0.1) is 5.41 Å². The summed E-state index contributed by atoms with van der Waals surface area (Å²) in [6.07, 6.45) is 0.750. The molecule has 41 heavy (non-hydrogen) atoms. The van der Waals surface area contributed by atoms with Gasteiger partial charge in [0.1, 0.15) is 0 Å². The summed E-state index contributed by atoms with van der Waals surface area (Å²) in [7, 11) is 0. The van der Waals surface area contributed by atoms with E-state index in [4.69, 9.17) is 16.6 Å². The number of carbonyl (C=O) groups is 2. The first-order valence-electron chi connectivity index (χ1n) is 13.5. The first-order valence-corrected chi connectivity index (χ1v) is 14.8. The maximum absolute atomic E-state index is 14.0. The predicted molar refractivity (Wildman–Crippen MR) is 165 cm³/mol. The summed E-state index contributed by atoms with van der Waals surface area (Å²) >= 11 is 7.44. The van der Waals surface area contributed by atoms with Crippen LogP contribution in [0.3, 0.4) is 0 Å². The van der Waals surface area contributed by atoms with E-state index >= 15 is 0 Å². The molecule has 202 valence electrons. The van der Waals surface area contributed by atoms with Gasteiger partial charge in [-0.25, -0.2) is 4.98 Å². The van der Waals surface area contributed by atoms with Crippen LogP contribution in [0.25, 0.3) is 11.3 Å². The summed E-state index contributed by atoms with van der Waals surface area (Å²) in [4.78, 5) is 31.6. The van der Waals surface area contributed by atoms with Crippen LogP contribution in [0.4, 0.5) is 10.8 Å². The molecule has 3 aliphatic rings. The number of nitrogens with zero attached hydrogens (tertiary/aromatic N) is 1. The summed E-state index contributed by atoms with van der Waals surface area (Å²) in [6.45, 7) is 2.09. The van der Waals surface area contributed by atoms with Crippen LogP contribution in [0.5, 0.6) is 0 Å². The second-order valence-electron chi connectivity index (χ2n) is 10.9. The number of amides is 2. The molecular weight excluding hydrogens is 550 g/mol. The topological polar surface area (TPSA) is 71.1 Å². The third-order valence-corrected chi connectivity index (χ3v) is 9.37. The molecule has 0 fully saturated rings. The summed E-state index contributed by atoms with van der Waals surface area (Å²) in [5.74, 6) is -0.0874. The average molecular weight is 576 g/mol. The van der Waals surface area contributed by atoms with Gasteiger partial charge in [0.2, 0.25) is 5.91 Å². The predicted octanol–water partition coefficient (Wildman–Crippen LogP) is 8.34. The van der Waals surface area contributed by atoms with E-state index in [-0.39, 0.29) is 23.7 Å². The van der Waals surface area contributed by atoms with Gasteiger partial charge in [-0.3, -0.25) is 9.59 Å². The van der Waals surface area contributed by atoms with Crippen molar-refractivity contribution in [3.63, 3.8) is 0 Å². The first kappa shape index (κ1) is 25.7. The number of carbonyl (C=O) groups excluding carboxylic acids is 2. The fourth-order valence-electron chi connectivity index (χ4n) is 6.48. The molecule has 1 atom stereocenters. The fourth-order valence-corrected chi connectivity index (χ4v) is 7.39. The van der Waals surface area contributed by atoms with Gasteiger partial charge in [0, 0.05) is 39.1 Å². The zero-order valence-electron chi connectivity index (χ0n) is 22.2. The number of halogens is 1. The van der Waals surface area contributed by atoms with Crippen LogP contribution < -0.4 is 10.6 Å². The van der Waals surface area contributed by atoms with Crippen molar-refractivity contribution in [3.05, 3.63) is 135 Å². The van der Waals surface area contributed by atoms with Crippen LogP contribution in [0.15, 0.2) is 102 Å². The molecule has 2 bridgehead atoms. The molecule has 5 nitrogen and oxygen atoms in total. The number of anilines is 2. The van der Waals surface area contributed by atoms with Crippen LogP contribution >= 0.6 is 22.9 Å². The summed E-state index contributed by atoms with van der Waals surface area (Å²) in [6, 6.07) is 31.4. The fraction of sp³-hybridized carbons (Fsp3) is 0.147. The molecule has 0 saturated carbocycles. The van der Waals surface area contributed by atoms with Gasteiger partial charge in [-0.2, -0.15) is 0 Å². The monoisotopic (exact) mass is 575 g/mol. The quantitative estimate of drug-likeness (QED) is 0.221. The van der Waals surface area contributed by atoms with Gasteiger partial charge in [-0.15, -0.1) is 11.3 Å². The molecule has 1 unspecified atom stereocenters. The van der Waals surface area contributed by atoms with E-state index in [0.29, 0.717) is 27.1 Å². The summed E-state index contributed by atoms with van der Waals surface area (Å²) < 4.78 is 0. The SMILES string of the molecule is CC1(C(=O)Nc2nc(-c3cccc(C(=O)Nc4cccc(Cl)c4)c3)cs2)CC2c3ccccc3C1c1ccccc12. The molecular formula is C34H26ClN3O2S. The highest BCUT2D eigenvalue weighted by molar-refractivity contribution is 7.14. The molecule has 2 amide bonds. The van der Waals surface area contributed by atoms with E-state index in [1.807, 2.05) is 17.5 Å². The van der Waals surface area contributed by atoms with Crippen molar-refractivity contribution in [1.82, 2.24) is 4.98 Å². The second kappa shape index (κ2) is 9.98. The van der Waals surface area contributed by atoms with Crippen molar-refractivity contribution in [3.8, 4) is 11.3 Å². The molecule has 5 aromatic rings. The lowest BCUT2D eigenvalue weighted by atomic mass is 9.52. The van der Waals surface area contributed by atoms with Crippen molar-refractivity contribution in [1.29, 1.82) is 0 Å². The normalized spacial score (nSPS) is 20.1. The largest absolute Gasteiger partial charge is 0.322 e. The minimum atomic E-state index is -0.614. The van der Waals surface area contributed by atoms with Crippen molar-refractivity contribution >= 4 is 45.6 Å². The Balaban J connectivity index is 1.12. The first-order chi connectivity index (χ1) is 19.9. The molecule has 7 heteroatoms. The highest BCUT2D eigenvalue weighted by atomic mass is 35.5. The van der Waals surface area contributed by atoms with Gasteiger partial charge in [-0.1, -0.05) is 78.3 Å². The Bertz CT molecular complexity index is 1780. The van der Waals surface area contributed by atoms with E-state index in [9.17, 15) is 9.59 Å². The van der Waals surface area contributed by atoms with Gasteiger partial charge in [0.15, 0.2) is 5.13 Å². The van der Waals surface area contributed by atoms with Crippen molar-refractivity contribution in [2.24, 2.45) is 5.41 Å². The van der Waals surface area contributed by atoms with Gasteiger partial charge in [0.25, 0.3) is 5.91 Å². The zero-order valence-corrected chi connectivity index (χ0v) is 23.8. The van der Waals surface area contributed by atoms with Crippen LogP contribution in [-0.4, -0.2) is 16.8 Å². The maximum Gasteiger partial charge on any atom is 0.255 e. The average Bonchev–Trinajstić information content (AvgIpc) is 3.46. The highest BCUT2D eigenvalue weighted by Gasteiger charge is 2.54. The minimum Gasteiger partial charge on any atom is -0.322 e. The smallest absolute Gasteiger partial charge is 0.255 e. The lowest BCUT2D eigenvalue weighted by Gasteiger charge is -2.50. The molecule has 8 rings (SSSR count). The van der Waals surface area contributed by atoms with Crippen LogP contribution in [0.1, 0.15) is 57.8 Å². The molecule has 4 aromatic carbocycles. The van der Waals surface area contributed by atoms with Crippen LogP contribution in [0.2, 0.25) is 5.02 Å². The van der Waals surface area contributed by atoms with Gasteiger partial charge < -0.3 is 10.6 Å². The standard InChI is InChI=1S/C34H26ClN3O2S/c1-34(18-28-24-12-2-4-14-26(24)30(34)27-15-5-3-13-25(27)28)32(40)38-33-37-29(19-41-33)20-8-6-9-21(16-20)31(39)36-23-11-7-10-22(35)17-23/h2-17,19,28,30H,18H2,1H3,(H,36,39)(H,37,38,40). The number of hydrogen-bond acceptors (Lipinski definition) is 4. The molecule has 0 radical (unpaired) electrons. The van der Waals surface area contributed by atoms with Gasteiger partial charge >= 0.3 is 0 Å². The maximum atomic E-state index is 14.0. The molecule has 1 aromatic heterocycles. The number of aromatic nitrogens is 1. The Morgan fingerprint density at radius 1 is 0.854 bits per heavy atom. The Hall–Kier alpha value is -4.26. The number of nitrogens with one attached hydrogen (secondary N) is 2. The number of rotatable bonds is 5. The number of hydrogen-bond donors (Lipinski definition) is 2. The third-order valence-electron chi connectivity index (χ3n) is 8.38. The van der Waals surface area contributed by atoms with E-state index < -0.39 is 5.41 Å². The minimum absolute atomic E-state index is 0.0194. The Labute approximate surface area is 247 Å². The number of benzene rings is 4. The molecule has 0 saturated heterocycles. The molecule has 0 spiro atoms. The van der Waals surface area contributed by atoms with Crippen molar-refractivity contribution < 1.29 is 9.59 Å². The molecule has 2 N–H and O–H groups in total. The Morgan fingerprint density at radius 2 is 1.54 bits per heavy atom. The van der Waals surface area contributed by atoms with E-state index in [0.717, 1.165) is 12.0 Å². The number of fused-ring (bicyclic) bond motifs is 1. The van der Waals surface area contributed by atoms with Crippen molar-refractivity contribution in [2.45, 2.75) is 25.2 Å². The second-order valence-corrected chi connectivity index (χ2v) is 12.2. The summed E-state index contributed by atoms with van der Waals surface area (Å²) in [5, 5.41) is 9.02. The summed E-state index contributed by atoms with van der Waals surface area (Å²) in [5.41, 5.74) is 7.17. The lowest BCUT2D eigenvalue weighted by molar-refractivity contribution is -0.126. The van der Waals surface area contributed by atoms with Crippen LogP contribution in [-0.2, 0) is 4.79 Å².